The van der Waals surface area contributed by atoms with Gasteiger partial charge in [-0.15, -0.1) is 0 Å². The molecule has 346 valence electrons. The van der Waals surface area contributed by atoms with Crippen LogP contribution in [0.2, 0.25) is 0 Å². The summed E-state index contributed by atoms with van der Waals surface area (Å²) in [6.07, 6.45) is 0. The van der Waals surface area contributed by atoms with Gasteiger partial charge in [-0.1, -0.05) is 267 Å². The highest BCUT2D eigenvalue weighted by Crippen LogP contribution is 2.58. The molecular weight excluding hydrogens is 891 g/mol. The standard InChI is InChI=1S/C73H49N/c1-5-22-50(23-6-1)54-41-40-52-26-21-38-65(67(52)48-54)71-64-36-17-15-33-61(64)62-34-16-18-37-66(62)72(71)74(57-44-42-53(43-45-57)60-32-14-13-31-59(60)51-24-7-2-8-25-51)58-46-47-70-68(49-58)63-35-19-20-39-69(63)73(70,55-27-9-3-10-28-55)56-29-11-4-12-30-56/h1-49H. The Morgan fingerprint density at radius 1 is 0.243 bits per heavy atom. The lowest BCUT2D eigenvalue weighted by Crippen LogP contribution is -2.28. The second-order valence-electron chi connectivity index (χ2n) is 19.5. The second kappa shape index (κ2) is 17.9. The molecule has 1 aliphatic rings. The quantitative estimate of drug-likeness (QED) is 0.130. The van der Waals surface area contributed by atoms with E-state index in [0.29, 0.717) is 0 Å². The van der Waals surface area contributed by atoms with Crippen molar-refractivity contribution >= 4 is 49.4 Å². The Balaban J connectivity index is 1.08. The van der Waals surface area contributed by atoms with Crippen molar-refractivity contribution in [2.45, 2.75) is 5.41 Å². The van der Waals surface area contributed by atoms with E-state index in [0.717, 1.165) is 22.6 Å². The molecule has 0 atom stereocenters. The fourth-order valence-corrected chi connectivity index (χ4v) is 12.3. The topological polar surface area (TPSA) is 3.24 Å². The fraction of sp³-hybridized carbons (Fsp3) is 0.0137. The zero-order chi connectivity index (χ0) is 49.0. The van der Waals surface area contributed by atoms with Crippen LogP contribution in [0.15, 0.2) is 297 Å². The van der Waals surface area contributed by atoms with Crippen molar-refractivity contribution in [2.24, 2.45) is 0 Å². The number of benzene rings is 13. The van der Waals surface area contributed by atoms with Crippen molar-refractivity contribution in [2.75, 3.05) is 4.90 Å². The Morgan fingerprint density at radius 3 is 1.38 bits per heavy atom. The highest BCUT2D eigenvalue weighted by molar-refractivity contribution is 6.24. The zero-order valence-electron chi connectivity index (χ0n) is 40.7. The molecule has 13 aromatic rings. The first-order valence-electron chi connectivity index (χ1n) is 25.7. The molecule has 0 heterocycles. The van der Waals surface area contributed by atoms with Gasteiger partial charge in [0.1, 0.15) is 0 Å². The molecule has 0 unspecified atom stereocenters. The van der Waals surface area contributed by atoms with Gasteiger partial charge < -0.3 is 4.90 Å². The summed E-state index contributed by atoms with van der Waals surface area (Å²) >= 11 is 0. The summed E-state index contributed by atoms with van der Waals surface area (Å²) in [5, 5.41) is 7.23. The molecule has 13 aromatic carbocycles. The first-order valence-corrected chi connectivity index (χ1v) is 25.7. The second-order valence-corrected chi connectivity index (χ2v) is 19.5. The summed E-state index contributed by atoms with van der Waals surface area (Å²) in [5.41, 5.74) is 19.9. The third-order valence-electron chi connectivity index (χ3n) is 15.5. The van der Waals surface area contributed by atoms with Crippen LogP contribution in [0.3, 0.4) is 0 Å². The van der Waals surface area contributed by atoms with Gasteiger partial charge >= 0.3 is 0 Å². The average Bonchev–Trinajstić information content (AvgIpc) is 3.85. The number of fused-ring (bicyclic) bond motifs is 7. The molecule has 1 heteroatoms. The van der Waals surface area contributed by atoms with E-state index >= 15 is 0 Å². The van der Waals surface area contributed by atoms with Gasteiger partial charge in [0.2, 0.25) is 0 Å². The van der Waals surface area contributed by atoms with Gasteiger partial charge in [-0.3, -0.25) is 0 Å². The van der Waals surface area contributed by atoms with Crippen LogP contribution in [0.25, 0.3) is 88.0 Å². The van der Waals surface area contributed by atoms with Crippen molar-refractivity contribution in [1.29, 1.82) is 0 Å². The Hall–Kier alpha value is -9.56. The number of hydrogen-bond donors (Lipinski definition) is 0. The molecule has 14 rings (SSSR count). The van der Waals surface area contributed by atoms with Crippen LogP contribution in [-0.4, -0.2) is 0 Å². The van der Waals surface area contributed by atoms with Crippen LogP contribution in [0.1, 0.15) is 22.3 Å². The molecule has 1 aliphatic carbocycles. The van der Waals surface area contributed by atoms with Crippen LogP contribution in [-0.2, 0) is 5.41 Å². The predicted molar refractivity (Wildman–Crippen MR) is 313 cm³/mol. The molecular formula is C73H49N. The minimum atomic E-state index is -0.522. The summed E-state index contributed by atoms with van der Waals surface area (Å²) in [6, 6.07) is 110. The third-order valence-corrected chi connectivity index (χ3v) is 15.5. The minimum absolute atomic E-state index is 0.522. The largest absolute Gasteiger partial charge is 0.309 e. The average molecular weight is 940 g/mol. The molecule has 0 N–H and O–H groups in total. The van der Waals surface area contributed by atoms with E-state index < -0.39 is 5.41 Å². The Labute approximate surface area is 432 Å². The highest BCUT2D eigenvalue weighted by Gasteiger charge is 2.46. The maximum atomic E-state index is 2.56. The molecule has 0 aromatic heterocycles. The van der Waals surface area contributed by atoms with E-state index in [2.05, 4.69) is 302 Å². The van der Waals surface area contributed by atoms with Crippen LogP contribution >= 0.6 is 0 Å². The first-order chi connectivity index (χ1) is 36.7. The van der Waals surface area contributed by atoms with Crippen molar-refractivity contribution in [1.82, 2.24) is 0 Å². The van der Waals surface area contributed by atoms with E-state index in [1.54, 1.807) is 0 Å². The van der Waals surface area contributed by atoms with E-state index in [1.807, 2.05) is 0 Å². The molecule has 1 nitrogen and oxygen atoms in total. The van der Waals surface area contributed by atoms with E-state index in [1.165, 1.54) is 105 Å². The van der Waals surface area contributed by atoms with Gasteiger partial charge in [0.25, 0.3) is 0 Å². The van der Waals surface area contributed by atoms with E-state index in [4.69, 9.17) is 0 Å². The van der Waals surface area contributed by atoms with Gasteiger partial charge in [0, 0.05) is 22.3 Å². The molecule has 0 bridgehead atoms. The zero-order valence-corrected chi connectivity index (χ0v) is 40.7. The maximum absolute atomic E-state index is 2.56. The smallest absolute Gasteiger partial charge is 0.0713 e. The molecule has 0 fully saturated rings. The van der Waals surface area contributed by atoms with Crippen molar-refractivity contribution < 1.29 is 0 Å². The molecule has 0 spiro atoms. The number of hydrogen-bond acceptors (Lipinski definition) is 1. The summed E-state index contributed by atoms with van der Waals surface area (Å²) in [5.74, 6) is 0. The molecule has 0 radical (unpaired) electrons. The Kier molecular flexibility index (Phi) is 10.5. The summed E-state index contributed by atoms with van der Waals surface area (Å²) in [4.78, 5) is 2.56. The summed E-state index contributed by atoms with van der Waals surface area (Å²) in [7, 11) is 0. The Morgan fingerprint density at radius 2 is 0.716 bits per heavy atom. The Bertz CT molecular complexity index is 4180. The highest BCUT2D eigenvalue weighted by atomic mass is 15.1. The normalized spacial score (nSPS) is 12.4. The number of anilines is 3. The lowest BCUT2D eigenvalue weighted by atomic mass is 9.68. The summed E-state index contributed by atoms with van der Waals surface area (Å²) in [6.45, 7) is 0. The number of rotatable bonds is 9. The lowest BCUT2D eigenvalue weighted by molar-refractivity contribution is 0.768. The van der Waals surface area contributed by atoms with Crippen LogP contribution in [0, 0.1) is 0 Å². The van der Waals surface area contributed by atoms with Gasteiger partial charge in [-0.25, -0.2) is 0 Å². The van der Waals surface area contributed by atoms with Gasteiger partial charge in [0.05, 0.1) is 11.1 Å². The van der Waals surface area contributed by atoms with Crippen molar-refractivity contribution in [3.8, 4) is 55.6 Å². The number of nitrogens with zero attached hydrogens (tertiary/aromatic N) is 1. The van der Waals surface area contributed by atoms with E-state index in [9.17, 15) is 0 Å². The molecule has 0 aliphatic heterocycles. The van der Waals surface area contributed by atoms with Gasteiger partial charge in [0.15, 0.2) is 0 Å². The van der Waals surface area contributed by atoms with Crippen LogP contribution < -0.4 is 4.90 Å². The molecule has 0 saturated carbocycles. The third kappa shape index (κ3) is 6.93. The molecule has 0 saturated heterocycles. The van der Waals surface area contributed by atoms with Gasteiger partial charge in [-0.2, -0.15) is 0 Å². The summed E-state index contributed by atoms with van der Waals surface area (Å²) < 4.78 is 0. The van der Waals surface area contributed by atoms with Crippen molar-refractivity contribution in [3.05, 3.63) is 320 Å². The molecule has 74 heavy (non-hydrogen) atoms. The van der Waals surface area contributed by atoms with E-state index in [-0.39, 0.29) is 0 Å². The predicted octanol–water partition coefficient (Wildman–Crippen LogP) is 19.6. The fourth-order valence-electron chi connectivity index (χ4n) is 12.3. The van der Waals surface area contributed by atoms with Crippen LogP contribution in [0.4, 0.5) is 17.1 Å². The first kappa shape index (κ1) is 43.2. The van der Waals surface area contributed by atoms with Crippen molar-refractivity contribution in [3.63, 3.8) is 0 Å². The maximum Gasteiger partial charge on any atom is 0.0713 e. The monoisotopic (exact) mass is 939 g/mol. The van der Waals surface area contributed by atoms with Crippen LogP contribution in [0.5, 0.6) is 0 Å². The van der Waals surface area contributed by atoms with Gasteiger partial charge in [-0.05, 0) is 130 Å². The molecule has 0 amide bonds. The lowest BCUT2D eigenvalue weighted by Gasteiger charge is -2.34. The minimum Gasteiger partial charge on any atom is -0.309 e. The SMILES string of the molecule is c1ccc(-c2ccc3cccc(-c4c(N(c5ccc(-c6ccccc6-c6ccccc6)cc5)c5ccc6c(c5)-c5ccccc5C6(c5ccccc5)c5ccccc5)c5ccccc5c5ccccc45)c3c2)cc1.